The second-order valence-corrected chi connectivity index (χ2v) is 4.61. The van der Waals surface area contributed by atoms with Gasteiger partial charge in [-0.05, 0) is 25.0 Å². The van der Waals surface area contributed by atoms with Crippen LogP contribution in [0.1, 0.15) is 22.3 Å². The van der Waals surface area contributed by atoms with Crippen LogP contribution in [0.25, 0.3) is 0 Å². The van der Waals surface area contributed by atoms with Crippen molar-refractivity contribution in [1.29, 1.82) is 0 Å². The van der Waals surface area contributed by atoms with E-state index in [2.05, 4.69) is 0 Å². The molecular formula is C12H15N3O3. The van der Waals surface area contributed by atoms with Crippen LogP contribution in [-0.4, -0.2) is 34.9 Å². The summed E-state index contributed by atoms with van der Waals surface area (Å²) in [5.41, 5.74) is 6.75. The van der Waals surface area contributed by atoms with E-state index in [0.717, 1.165) is 6.42 Å². The zero-order valence-corrected chi connectivity index (χ0v) is 10.1. The summed E-state index contributed by atoms with van der Waals surface area (Å²) in [7, 11) is 0. The number of benzene rings is 1. The average Bonchev–Trinajstić information content (AvgIpc) is 2.74. The van der Waals surface area contributed by atoms with E-state index in [1.807, 2.05) is 0 Å². The number of aryl methyl sites for hydroxylation is 1. The largest absolute Gasteiger partial charge is 0.337 e. The van der Waals surface area contributed by atoms with E-state index in [1.54, 1.807) is 17.9 Å². The fourth-order valence-corrected chi connectivity index (χ4v) is 2.15. The molecule has 1 fully saturated rings. The Kier molecular flexibility index (Phi) is 3.29. The average molecular weight is 249 g/mol. The minimum absolute atomic E-state index is 0.00810. The lowest BCUT2D eigenvalue weighted by atomic mass is 10.1. The number of nitrogens with zero attached hydrogens (tertiary/aromatic N) is 2. The Bertz CT molecular complexity index is 501. The molecule has 0 radical (unpaired) electrons. The van der Waals surface area contributed by atoms with Gasteiger partial charge < -0.3 is 10.6 Å². The Labute approximate surface area is 105 Å². The number of hydrogen-bond acceptors (Lipinski definition) is 4. The van der Waals surface area contributed by atoms with Crippen molar-refractivity contribution in [2.24, 2.45) is 5.73 Å². The van der Waals surface area contributed by atoms with Crippen molar-refractivity contribution in [2.45, 2.75) is 19.4 Å². The molecule has 0 spiro atoms. The summed E-state index contributed by atoms with van der Waals surface area (Å²) in [5, 5.41) is 10.8. The number of nitrogens with two attached hydrogens (primary N) is 1. The van der Waals surface area contributed by atoms with Crippen LogP contribution in [0, 0.1) is 17.0 Å². The van der Waals surface area contributed by atoms with Crippen molar-refractivity contribution in [3.63, 3.8) is 0 Å². The Balaban J connectivity index is 2.27. The number of amides is 1. The van der Waals surface area contributed by atoms with Gasteiger partial charge in [0.1, 0.15) is 0 Å². The van der Waals surface area contributed by atoms with Crippen molar-refractivity contribution < 1.29 is 9.72 Å². The minimum Gasteiger partial charge on any atom is -0.337 e. The lowest BCUT2D eigenvalue weighted by Gasteiger charge is -2.15. The molecule has 1 aliphatic rings. The predicted octanol–water partition coefficient (Wildman–Crippen LogP) is 1.08. The molecule has 2 rings (SSSR count). The number of carbonyl (C=O) groups excluding carboxylic acids is 1. The number of nitro benzene ring substituents is 1. The van der Waals surface area contributed by atoms with E-state index in [1.165, 1.54) is 12.1 Å². The van der Waals surface area contributed by atoms with E-state index in [4.69, 9.17) is 5.73 Å². The van der Waals surface area contributed by atoms with Gasteiger partial charge >= 0.3 is 0 Å². The maximum Gasteiger partial charge on any atom is 0.270 e. The van der Waals surface area contributed by atoms with E-state index < -0.39 is 4.92 Å². The monoisotopic (exact) mass is 249 g/mol. The Hall–Kier alpha value is -1.95. The molecule has 2 N–H and O–H groups in total. The third-order valence-electron chi connectivity index (χ3n) is 3.03. The minimum atomic E-state index is -0.487. The summed E-state index contributed by atoms with van der Waals surface area (Å²) in [5.74, 6) is -0.185. The highest BCUT2D eigenvalue weighted by Crippen LogP contribution is 2.19. The maximum atomic E-state index is 12.2. The lowest BCUT2D eigenvalue weighted by molar-refractivity contribution is -0.384. The van der Waals surface area contributed by atoms with Gasteiger partial charge in [0, 0.05) is 36.8 Å². The van der Waals surface area contributed by atoms with Crippen LogP contribution >= 0.6 is 0 Å². The Morgan fingerprint density at radius 3 is 2.78 bits per heavy atom. The molecule has 1 amide bonds. The molecule has 0 aromatic heterocycles. The summed E-state index contributed by atoms with van der Waals surface area (Å²) in [6.07, 6.45) is 0.777. The molecular weight excluding hydrogens is 234 g/mol. The molecule has 6 nitrogen and oxygen atoms in total. The molecule has 0 unspecified atom stereocenters. The zero-order valence-electron chi connectivity index (χ0n) is 10.1. The smallest absolute Gasteiger partial charge is 0.270 e. The molecule has 0 bridgehead atoms. The van der Waals surface area contributed by atoms with Gasteiger partial charge in [-0.15, -0.1) is 0 Å². The van der Waals surface area contributed by atoms with Crippen molar-refractivity contribution in [3.05, 3.63) is 39.4 Å². The summed E-state index contributed by atoms with van der Waals surface area (Å²) in [4.78, 5) is 24.1. The highest BCUT2D eigenvalue weighted by Gasteiger charge is 2.25. The molecule has 1 aromatic rings. The number of hydrogen-bond donors (Lipinski definition) is 1. The van der Waals surface area contributed by atoms with Crippen LogP contribution in [0.2, 0.25) is 0 Å². The topological polar surface area (TPSA) is 89.5 Å². The standard InChI is InChI=1S/C12H15N3O3/c1-8-4-9(6-11(5-8)15(17)18)12(16)14-3-2-10(13)7-14/h4-6,10H,2-3,7,13H2,1H3/t10-/m1/s1. The number of non-ortho nitro benzene ring substituents is 1. The molecule has 18 heavy (non-hydrogen) atoms. The van der Waals surface area contributed by atoms with Crippen LogP contribution in [0.3, 0.4) is 0 Å². The normalized spacial score (nSPS) is 19.0. The third-order valence-corrected chi connectivity index (χ3v) is 3.03. The first-order valence-corrected chi connectivity index (χ1v) is 5.78. The van der Waals surface area contributed by atoms with Crippen molar-refractivity contribution in [3.8, 4) is 0 Å². The quantitative estimate of drug-likeness (QED) is 0.627. The van der Waals surface area contributed by atoms with E-state index in [0.29, 0.717) is 24.2 Å². The first-order valence-electron chi connectivity index (χ1n) is 5.78. The lowest BCUT2D eigenvalue weighted by Crippen LogP contribution is -2.31. The summed E-state index contributed by atoms with van der Waals surface area (Å²) >= 11 is 0. The molecule has 1 saturated heterocycles. The van der Waals surface area contributed by atoms with Gasteiger partial charge in [0.15, 0.2) is 0 Å². The third kappa shape index (κ3) is 2.48. The zero-order chi connectivity index (χ0) is 13.3. The van der Waals surface area contributed by atoms with E-state index in [9.17, 15) is 14.9 Å². The summed E-state index contributed by atoms with van der Waals surface area (Å²) in [6, 6.07) is 4.44. The second kappa shape index (κ2) is 4.73. The SMILES string of the molecule is Cc1cc(C(=O)N2CC[C@@H](N)C2)cc([N+](=O)[O-])c1. The van der Waals surface area contributed by atoms with Gasteiger partial charge in [0.25, 0.3) is 11.6 Å². The number of likely N-dealkylation sites (tertiary alicyclic amines) is 1. The highest BCUT2D eigenvalue weighted by molar-refractivity contribution is 5.95. The van der Waals surface area contributed by atoms with Crippen LogP contribution in [0.15, 0.2) is 18.2 Å². The summed E-state index contributed by atoms with van der Waals surface area (Å²) < 4.78 is 0. The fraction of sp³-hybridized carbons (Fsp3) is 0.417. The molecule has 96 valence electrons. The number of carbonyl (C=O) groups is 1. The van der Waals surface area contributed by atoms with Crippen LogP contribution in [0.5, 0.6) is 0 Å². The fourth-order valence-electron chi connectivity index (χ4n) is 2.15. The maximum absolute atomic E-state index is 12.2. The molecule has 1 aromatic carbocycles. The summed E-state index contributed by atoms with van der Waals surface area (Å²) in [6.45, 7) is 2.86. The first-order chi connectivity index (χ1) is 8.47. The van der Waals surface area contributed by atoms with Gasteiger partial charge in [0.05, 0.1) is 4.92 Å². The first kappa shape index (κ1) is 12.5. The van der Waals surface area contributed by atoms with Crippen molar-refractivity contribution >= 4 is 11.6 Å². The highest BCUT2D eigenvalue weighted by atomic mass is 16.6. The molecule has 6 heteroatoms. The number of nitro groups is 1. The number of rotatable bonds is 2. The molecule has 1 heterocycles. The van der Waals surface area contributed by atoms with Crippen LogP contribution in [-0.2, 0) is 0 Å². The van der Waals surface area contributed by atoms with Gasteiger partial charge in [-0.3, -0.25) is 14.9 Å². The second-order valence-electron chi connectivity index (χ2n) is 4.61. The van der Waals surface area contributed by atoms with Gasteiger partial charge in [-0.25, -0.2) is 0 Å². The van der Waals surface area contributed by atoms with Gasteiger partial charge in [-0.1, -0.05) is 0 Å². The molecule has 0 aliphatic carbocycles. The van der Waals surface area contributed by atoms with Crippen molar-refractivity contribution in [2.75, 3.05) is 13.1 Å². The molecule has 0 saturated carbocycles. The van der Waals surface area contributed by atoms with Crippen LogP contribution in [0.4, 0.5) is 5.69 Å². The Morgan fingerprint density at radius 2 is 2.22 bits per heavy atom. The van der Waals surface area contributed by atoms with Crippen LogP contribution < -0.4 is 5.73 Å². The molecule has 1 aliphatic heterocycles. The van der Waals surface area contributed by atoms with Gasteiger partial charge in [0.2, 0.25) is 0 Å². The van der Waals surface area contributed by atoms with E-state index >= 15 is 0 Å². The van der Waals surface area contributed by atoms with Gasteiger partial charge in [-0.2, -0.15) is 0 Å². The van der Waals surface area contributed by atoms with E-state index in [-0.39, 0.29) is 17.6 Å². The van der Waals surface area contributed by atoms with Crippen molar-refractivity contribution in [1.82, 2.24) is 4.90 Å². The Morgan fingerprint density at radius 1 is 1.50 bits per heavy atom. The predicted molar refractivity (Wildman–Crippen MR) is 66.3 cm³/mol. The molecule has 1 atom stereocenters.